The molecule has 6 atom stereocenters. The Morgan fingerprint density at radius 2 is 2.07 bits per heavy atom. The van der Waals surface area contributed by atoms with E-state index < -0.39 is 40.9 Å². The van der Waals surface area contributed by atoms with Crippen LogP contribution in [0, 0.1) is 11.3 Å². The molecule has 0 saturated carbocycles. The molecule has 27 heavy (non-hydrogen) atoms. The summed E-state index contributed by atoms with van der Waals surface area (Å²) in [6.45, 7) is 6.39. The van der Waals surface area contributed by atoms with Crippen LogP contribution >= 0.6 is 0 Å². The van der Waals surface area contributed by atoms with Gasteiger partial charge in [0, 0.05) is 24.0 Å². The molecule has 7 heteroatoms. The number of hydrogen-bond acceptors (Lipinski definition) is 7. The van der Waals surface area contributed by atoms with Gasteiger partial charge >= 0.3 is 5.97 Å². The van der Waals surface area contributed by atoms with Crippen LogP contribution in [0.3, 0.4) is 0 Å². The van der Waals surface area contributed by atoms with Gasteiger partial charge in [0.05, 0.1) is 12.7 Å². The Morgan fingerprint density at radius 3 is 2.70 bits per heavy atom. The summed E-state index contributed by atoms with van der Waals surface area (Å²) >= 11 is 0. The molecule has 2 N–H and O–H groups in total. The van der Waals surface area contributed by atoms with Gasteiger partial charge in [-0.1, -0.05) is 6.08 Å². The van der Waals surface area contributed by atoms with Crippen molar-refractivity contribution in [2.24, 2.45) is 11.3 Å². The van der Waals surface area contributed by atoms with Crippen LogP contribution in [-0.4, -0.2) is 52.2 Å². The highest BCUT2D eigenvalue weighted by Crippen LogP contribution is 2.60. The molecule has 2 fully saturated rings. The summed E-state index contributed by atoms with van der Waals surface area (Å²) in [5, 5.41) is 21.2. The molecular formula is C20H24O7. The van der Waals surface area contributed by atoms with Crippen molar-refractivity contribution in [2.75, 3.05) is 6.61 Å². The normalized spacial score (nSPS) is 46.0. The maximum Gasteiger partial charge on any atom is 0.318 e. The number of carbonyl (C=O) groups is 2. The zero-order chi connectivity index (χ0) is 19.8. The number of allylic oxidation sites excluding steroid dienone is 1. The minimum Gasteiger partial charge on any atom is -0.479 e. The third-order valence-corrected chi connectivity index (χ3v) is 6.64. The quantitative estimate of drug-likeness (QED) is 0.551. The Hall–Kier alpha value is -1.96. The average molecular weight is 376 g/mol. The predicted octanol–water partition coefficient (Wildman–Crippen LogP) is 1.15. The van der Waals surface area contributed by atoms with Crippen molar-refractivity contribution < 1.29 is 34.0 Å². The van der Waals surface area contributed by atoms with Gasteiger partial charge in [-0.05, 0) is 39.3 Å². The molecule has 6 unspecified atom stereocenters. The lowest BCUT2D eigenvalue weighted by Crippen LogP contribution is -2.49. The number of rotatable bonds is 2. The first kappa shape index (κ1) is 18.4. The van der Waals surface area contributed by atoms with E-state index in [-0.39, 0.29) is 24.6 Å². The Bertz CT molecular complexity index is 824. The maximum absolute atomic E-state index is 12.9. The third-order valence-electron chi connectivity index (χ3n) is 6.64. The molecule has 4 aliphatic heterocycles. The monoisotopic (exact) mass is 376 g/mol. The van der Waals surface area contributed by atoms with Gasteiger partial charge in [0.1, 0.15) is 17.3 Å². The van der Waals surface area contributed by atoms with Gasteiger partial charge in [0.15, 0.2) is 5.60 Å². The summed E-state index contributed by atoms with van der Waals surface area (Å²) in [5.41, 5.74) is -1.65. The highest BCUT2D eigenvalue weighted by atomic mass is 16.7. The first-order valence-electron chi connectivity index (χ1n) is 9.12. The fourth-order valence-corrected chi connectivity index (χ4v) is 4.84. The zero-order valence-electron chi connectivity index (χ0n) is 15.8. The van der Waals surface area contributed by atoms with E-state index in [1.807, 2.05) is 0 Å². The molecule has 0 aromatic carbocycles. The molecule has 7 nitrogen and oxygen atoms in total. The van der Waals surface area contributed by atoms with Gasteiger partial charge in [-0.15, -0.1) is 0 Å². The van der Waals surface area contributed by atoms with E-state index in [9.17, 15) is 19.8 Å². The number of fused-ring (bicyclic) bond motifs is 2. The summed E-state index contributed by atoms with van der Waals surface area (Å²) in [4.78, 5) is 25.5. The molecule has 146 valence electrons. The minimum atomic E-state index is -1.84. The van der Waals surface area contributed by atoms with Gasteiger partial charge in [0.25, 0.3) is 0 Å². The SMILES string of the molecule is CC=C(C)C1(O)OC2CC3(C)OC(=CC3=O)C(CO)=CC3OC(=O)C1(C)C32. The number of ether oxygens (including phenoxy) is 3. The number of aliphatic hydroxyl groups is 2. The van der Waals surface area contributed by atoms with Crippen LogP contribution in [0.5, 0.6) is 0 Å². The maximum atomic E-state index is 12.9. The molecule has 2 saturated heterocycles. The number of aliphatic hydroxyl groups excluding tert-OH is 1. The van der Waals surface area contributed by atoms with Crippen molar-refractivity contribution in [2.45, 2.75) is 57.7 Å². The van der Waals surface area contributed by atoms with Crippen LogP contribution in [0.15, 0.2) is 35.1 Å². The van der Waals surface area contributed by atoms with Gasteiger partial charge in [-0.25, -0.2) is 0 Å². The van der Waals surface area contributed by atoms with E-state index in [4.69, 9.17) is 14.2 Å². The number of carbonyl (C=O) groups excluding carboxylic acids is 2. The molecule has 0 aromatic heterocycles. The second-order valence-corrected chi connectivity index (χ2v) is 8.13. The Labute approximate surface area is 157 Å². The number of ketones is 1. The van der Waals surface area contributed by atoms with E-state index in [2.05, 4.69) is 0 Å². The molecule has 0 spiro atoms. The van der Waals surface area contributed by atoms with Gasteiger partial charge < -0.3 is 24.4 Å². The largest absolute Gasteiger partial charge is 0.479 e. The van der Waals surface area contributed by atoms with Gasteiger partial charge in [-0.3, -0.25) is 9.59 Å². The zero-order valence-corrected chi connectivity index (χ0v) is 15.8. The summed E-state index contributed by atoms with van der Waals surface area (Å²) in [5.74, 6) is -2.88. The van der Waals surface area contributed by atoms with Gasteiger partial charge in [-0.2, -0.15) is 0 Å². The van der Waals surface area contributed by atoms with E-state index in [1.54, 1.807) is 39.8 Å². The smallest absolute Gasteiger partial charge is 0.318 e. The predicted molar refractivity (Wildman–Crippen MR) is 93.1 cm³/mol. The molecule has 0 aliphatic carbocycles. The van der Waals surface area contributed by atoms with Gasteiger partial charge in [0.2, 0.25) is 11.6 Å². The Morgan fingerprint density at radius 1 is 1.37 bits per heavy atom. The van der Waals surface area contributed by atoms with Crippen LogP contribution in [0.25, 0.3) is 0 Å². The van der Waals surface area contributed by atoms with Crippen molar-refractivity contribution in [3.63, 3.8) is 0 Å². The molecule has 2 bridgehead atoms. The fraction of sp³-hybridized carbons (Fsp3) is 0.600. The van der Waals surface area contributed by atoms with Crippen molar-refractivity contribution in [1.82, 2.24) is 0 Å². The molecule has 4 heterocycles. The molecule has 0 amide bonds. The minimum absolute atomic E-state index is 0.158. The third kappa shape index (κ3) is 2.13. The average Bonchev–Trinajstić information content (AvgIpc) is 3.14. The lowest BCUT2D eigenvalue weighted by molar-refractivity contribution is -0.220. The lowest BCUT2D eigenvalue weighted by Gasteiger charge is -2.35. The van der Waals surface area contributed by atoms with E-state index >= 15 is 0 Å². The van der Waals surface area contributed by atoms with Crippen LogP contribution in [0.4, 0.5) is 0 Å². The Kier molecular flexibility index (Phi) is 3.77. The topological polar surface area (TPSA) is 102 Å². The van der Waals surface area contributed by atoms with Crippen molar-refractivity contribution in [1.29, 1.82) is 0 Å². The highest BCUT2D eigenvalue weighted by molar-refractivity contribution is 6.00. The standard InChI is InChI=1S/C20H24O7/c1-5-10(2)20(24)19(4)16-13(25-17(19)23)6-11(9-21)12-7-15(22)18(3,26-12)8-14(16)27-20/h5-7,13-14,16,21,24H,8-9H2,1-4H3. The highest BCUT2D eigenvalue weighted by Gasteiger charge is 2.74. The first-order chi connectivity index (χ1) is 12.6. The summed E-state index contributed by atoms with van der Waals surface area (Å²) in [6, 6.07) is 0. The summed E-state index contributed by atoms with van der Waals surface area (Å²) < 4.78 is 17.6. The van der Waals surface area contributed by atoms with Crippen molar-refractivity contribution in [3.05, 3.63) is 35.1 Å². The molecule has 0 aromatic rings. The van der Waals surface area contributed by atoms with E-state index in [1.165, 1.54) is 6.08 Å². The van der Waals surface area contributed by atoms with Crippen LogP contribution < -0.4 is 0 Å². The van der Waals surface area contributed by atoms with E-state index in [0.717, 1.165) is 0 Å². The van der Waals surface area contributed by atoms with Crippen molar-refractivity contribution in [3.8, 4) is 0 Å². The van der Waals surface area contributed by atoms with Crippen LogP contribution in [-0.2, 0) is 23.8 Å². The second kappa shape index (κ2) is 5.53. The second-order valence-electron chi connectivity index (χ2n) is 8.13. The molecule has 4 aliphatic rings. The van der Waals surface area contributed by atoms with Crippen LogP contribution in [0.1, 0.15) is 34.1 Å². The molecular weight excluding hydrogens is 352 g/mol. The number of hydrogen-bond donors (Lipinski definition) is 2. The first-order valence-corrected chi connectivity index (χ1v) is 9.12. The fourth-order valence-electron chi connectivity index (χ4n) is 4.84. The van der Waals surface area contributed by atoms with Crippen molar-refractivity contribution >= 4 is 11.8 Å². The van der Waals surface area contributed by atoms with E-state index in [0.29, 0.717) is 11.1 Å². The van der Waals surface area contributed by atoms with Crippen LogP contribution in [0.2, 0.25) is 0 Å². The Balaban J connectivity index is 1.91. The summed E-state index contributed by atoms with van der Waals surface area (Å²) in [7, 11) is 0. The molecule has 0 radical (unpaired) electrons. The lowest BCUT2D eigenvalue weighted by atomic mass is 9.67. The number of esters is 1. The molecule has 4 rings (SSSR count). The summed E-state index contributed by atoms with van der Waals surface area (Å²) in [6.07, 6.45) is 3.47.